The molecule has 3 aromatic rings. The lowest BCUT2D eigenvalue weighted by Gasteiger charge is -2.36. The smallest absolute Gasteiger partial charge is 0.247 e. The molecule has 7 nitrogen and oxygen atoms in total. The number of aryl methyl sites for hydroxylation is 1. The fourth-order valence-corrected chi connectivity index (χ4v) is 5.76. The number of benzene rings is 2. The summed E-state index contributed by atoms with van der Waals surface area (Å²) in [6.07, 6.45) is 0. The second kappa shape index (κ2) is 8.88. The van der Waals surface area contributed by atoms with Crippen molar-refractivity contribution in [3.63, 3.8) is 0 Å². The van der Waals surface area contributed by atoms with Gasteiger partial charge in [-0.2, -0.15) is 4.31 Å². The maximum absolute atomic E-state index is 13.0. The lowest BCUT2D eigenvalue weighted by atomic mass is 10.1. The van der Waals surface area contributed by atoms with Gasteiger partial charge >= 0.3 is 0 Å². The van der Waals surface area contributed by atoms with Crippen molar-refractivity contribution < 1.29 is 12.8 Å². The van der Waals surface area contributed by atoms with E-state index in [0.29, 0.717) is 43.0 Å². The van der Waals surface area contributed by atoms with Crippen molar-refractivity contribution in [2.45, 2.75) is 24.8 Å². The topological polar surface area (TPSA) is 79.5 Å². The number of hydrogen-bond acceptors (Lipinski definition) is 6. The molecule has 2 aromatic carbocycles. The number of piperazine rings is 1. The third-order valence-electron chi connectivity index (χ3n) is 5.40. The van der Waals surface area contributed by atoms with Crippen molar-refractivity contribution >= 4 is 33.2 Å². The van der Waals surface area contributed by atoms with E-state index in [-0.39, 0.29) is 16.0 Å². The third kappa shape index (κ3) is 4.63. The van der Waals surface area contributed by atoms with Crippen LogP contribution < -0.4 is 0 Å². The van der Waals surface area contributed by atoms with Crippen molar-refractivity contribution in [3.8, 4) is 11.5 Å². The molecule has 0 amide bonds. The van der Waals surface area contributed by atoms with Crippen molar-refractivity contribution in [2.75, 3.05) is 26.2 Å². The fourth-order valence-electron chi connectivity index (χ4n) is 3.60. The molecule has 0 bridgehead atoms. The summed E-state index contributed by atoms with van der Waals surface area (Å²) in [6.45, 7) is 5.70. The first-order chi connectivity index (χ1) is 14.8. The molecule has 0 unspecified atom stereocenters. The maximum Gasteiger partial charge on any atom is 0.247 e. The van der Waals surface area contributed by atoms with Gasteiger partial charge in [0, 0.05) is 36.8 Å². The standard InChI is InChI=1S/C21H22Cl2N4O3S/c1-14-4-3-5-16(12-14)21-25-24-20(30-21)15(2)26-8-10-27(11-9-26)31(28,29)19-13-17(22)6-7-18(19)23/h3-7,12-13,15H,8-11H2,1-2H3/t15-/m1/s1. The number of hydrogen-bond donors (Lipinski definition) is 0. The number of aromatic nitrogens is 2. The van der Waals surface area contributed by atoms with Gasteiger partial charge in [-0.05, 0) is 44.2 Å². The molecule has 1 aliphatic heterocycles. The molecule has 0 N–H and O–H groups in total. The van der Waals surface area contributed by atoms with E-state index in [2.05, 4.69) is 15.1 Å². The third-order valence-corrected chi connectivity index (χ3v) is 8.01. The first kappa shape index (κ1) is 22.2. The normalized spacial score (nSPS) is 17.0. The van der Waals surface area contributed by atoms with E-state index in [1.807, 2.05) is 38.1 Å². The van der Waals surface area contributed by atoms with E-state index in [0.717, 1.165) is 11.1 Å². The minimum Gasteiger partial charge on any atom is -0.419 e. The van der Waals surface area contributed by atoms with Crippen LogP contribution in [0.1, 0.15) is 24.4 Å². The highest BCUT2D eigenvalue weighted by molar-refractivity contribution is 7.89. The summed E-state index contributed by atoms with van der Waals surface area (Å²) in [5.74, 6) is 0.980. The van der Waals surface area contributed by atoms with Gasteiger partial charge in [-0.25, -0.2) is 8.42 Å². The Morgan fingerprint density at radius 1 is 1.03 bits per heavy atom. The molecule has 4 rings (SSSR count). The zero-order chi connectivity index (χ0) is 22.2. The molecule has 10 heteroatoms. The number of halogens is 2. The van der Waals surface area contributed by atoms with Crippen LogP contribution in [0.2, 0.25) is 10.0 Å². The Morgan fingerprint density at radius 3 is 2.48 bits per heavy atom. The molecule has 2 heterocycles. The first-order valence-corrected chi connectivity index (χ1v) is 12.0. The molecule has 0 aliphatic carbocycles. The Morgan fingerprint density at radius 2 is 1.77 bits per heavy atom. The van der Waals surface area contributed by atoms with Gasteiger partial charge in [0.05, 0.1) is 11.1 Å². The molecule has 1 aliphatic rings. The van der Waals surface area contributed by atoms with Crippen LogP contribution in [0.15, 0.2) is 51.8 Å². The zero-order valence-electron chi connectivity index (χ0n) is 17.1. The Hall–Kier alpha value is -1.97. The summed E-state index contributed by atoms with van der Waals surface area (Å²) in [4.78, 5) is 2.15. The molecule has 1 fully saturated rings. The van der Waals surface area contributed by atoms with Crippen LogP contribution >= 0.6 is 23.2 Å². The molecule has 164 valence electrons. The summed E-state index contributed by atoms with van der Waals surface area (Å²) in [6, 6.07) is 12.2. The van der Waals surface area contributed by atoms with Gasteiger partial charge in [0.25, 0.3) is 0 Å². The van der Waals surface area contributed by atoms with E-state index < -0.39 is 10.0 Å². The van der Waals surface area contributed by atoms with Crippen molar-refractivity contribution in [2.24, 2.45) is 0 Å². The molecule has 31 heavy (non-hydrogen) atoms. The second-order valence-electron chi connectivity index (χ2n) is 7.51. The first-order valence-electron chi connectivity index (χ1n) is 9.85. The van der Waals surface area contributed by atoms with E-state index in [4.69, 9.17) is 27.6 Å². The molecule has 1 atom stereocenters. The maximum atomic E-state index is 13.0. The molecule has 1 aromatic heterocycles. The van der Waals surface area contributed by atoms with E-state index in [1.165, 1.54) is 16.4 Å². The SMILES string of the molecule is Cc1cccc(-c2nnc([C@@H](C)N3CCN(S(=O)(=O)c4cc(Cl)ccc4Cl)CC3)o2)c1. The van der Waals surface area contributed by atoms with Gasteiger partial charge in [-0.1, -0.05) is 40.9 Å². The van der Waals surface area contributed by atoms with Crippen molar-refractivity contribution in [3.05, 3.63) is 64.0 Å². The summed E-state index contributed by atoms with van der Waals surface area (Å²) in [5.41, 5.74) is 1.99. The van der Waals surface area contributed by atoms with Crippen molar-refractivity contribution in [1.29, 1.82) is 0 Å². The van der Waals surface area contributed by atoms with E-state index in [1.54, 1.807) is 6.07 Å². The second-order valence-corrected chi connectivity index (χ2v) is 10.3. The predicted molar refractivity (Wildman–Crippen MR) is 120 cm³/mol. The lowest BCUT2D eigenvalue weighted by molar-refractivity contribution is 0.129. The Balaban J connectivity index is 1.45. The van der Waals surface area contributed by atoms with Crippen LogP contribution in [0, 0.1) is 6.92 Å². The van der Waals surface area contributed by atoms with Crippen LogP contribution in [-0.4, -0.2) is 54.0 Å². The highest BCUT2D eigenvalue weighted by Gasteiger charge is 2.33. The largest absolute Gasteiger partial charge is 0.419 e. The Labute approximate surface area is 191 Å². The average Bonchev–Trinajstić information content (AvgIpc) is 3.25. The minimum atomic E-state index is -3.73. The predicted octanol–water partition coefficient (Wildman–Crippen LogP) is 4.42. The number of sulfonamides is 1. The van der Waals surface area contributed by atoms with Crippen LogP contribution in [-0.2, 0) is 10.0 Å². The highest BCUT2D eigenvalue weighted by Crippen LogP contribution is 2.30. The minimum absolute atomic E-state index is 0.0304. The van der Waals surface area contributed by atoms with Gasteiger partial charge in [0.2, 0.25) is 21.8 Å². The van der Waals surface area contributed by atoms with Crippen LogP contribution in [0.5, 0.6) is 0 Å². The fraction of sp³-hybridized carbons (Fsp3) is 0.333. The quantitative estimate of drug-likeness (QED) is 0.537. The molecule has 0 radical (unpaired) electrons. The Kier molecular flexibility index (Phi) is 6.37. The summed E-state index contributed by atoms with van der Waals surface area (Å²) in [7, 11) is -3.73. The van der Waals surface area contributed by atoms with Crippen LogP contribution in [0.25, 0.3) is 11.5 Å². The van der Waals surface area contributed by atoms with E-state index >= 15 is 0 Å². The van der Waals surface area contributed by atoms with Crippen molar-refractivity contribution in [1.82, 2.24) is 19.4 Å². The molecular formula is C21H22Cl2N4O3S. The van der Waals surface area contributed by atoms with Gasteiger partial charge in [-0.3, -0.25) is 4.90 Å². The molecule has 1 saturated heterocycles. The van der Waals surface area contributed by atoms with Gasteiger partial charge in [-0.15, -0.1) is 10.2 Å². The number of rotatable bonds is 5. The molecule has 0 spiro atoms. The van der Waals surface area contributed by atoms with Gasteiger partial charge in [0.15, 0.2) is 0 Å². The number of nitrogens with zero attached hydrogens (tertiary/aromatic N) is 4. The highest BCUT2D eigenvalue weighted by atomic mass is 35.5. The lowest BCUT2D eigenvalue weighted by Crippen LogP contribution is -2.49. The summed E-state index contributed by atoms with van der Waals surface area (Å²) < 4.78 is 33.4. The van der Waals surface area contributed by atoms with Gasteiger partial charge in [0.1, 0.15) is 4.90 Å². The van der Waals surface area contributed by atoms with Crippen LogP contribution in [0.3, 0.4) is 0 Å². The summed E-state index contributed by atoms with van der Waals surface area (Å²) >= 11 is 12.1. The Bertz CT molecular complexity index is 1190. The van der Waals surface area contributed by atoms with E-state index in [9.17, 15) is 8.42 Å². The zero-order valence-corrected chi connectivity index (χ0v) is 19.5. The summed E-state index contributed by atoms with van der Waals surface area (Å²) in [5, 5.41) is 8.88. The molecular weight excluding hydrogens is 459 g/mol. The molecule has 0 saturated carbocycles. The van der Waals surface area contributed by atoms with Crippen LogP contribution in [0.4, 0.5) is 0 Å². The average molecular weight is 481 g/mol. The van der Waals surface area contributed by atoms with Gasteiger partial charge < -0.3 is 4.42 Å². The monoisotopic (exact) mass is 480 g/mol.